The van der Waals surface area contributed by atoms with Crippen molar-refractivity contribution in [2.75, 3.05) is 5.32 Å². The lowest BCUT2D eigenvalue weighted by Crippen LogP contribution is -2.14. The van der Waals surface area contributed by atoms with E-state index in [1.54, 1.807) is 54.9 Å². The van der Waals surface area contributed by atoms with Crippen LogP contribution in [0.25, 0.3) is 5.69 Å². The quantitative estimate of drug-likeness (QED) is 0.731. The number of carbonyl (C=O) groups is 1. The number of benzene rings is 2. The zero-order chi connectivity index (χ0) is 18.8. The number of nitrogens with zero attached hydrogens (tertiary/aromatic N) is 3. The molecule has 3 rings (SSSR count). The van der Waals surface area contributed by atoms with Crippen molar-refractivity contribution in [3.8, 4) is 5.69 Å². The molecule has 0 saturated heterocycles. The first-order valence-electron chi connectivity index (χ1n) is 8.15. The molecule has 1 atom stereocenters. The minimum absolute atomic E-state index is 0.229. The van der Waals surface area contributed by atoms with Gasteiger partial charge in [-0.3, -0.25) is 4.79 Å². The van der Waals surface area contributed by atoms with Gasteiger partial charge in [0.2, 0.25) is 0 Å². The minimum Gasteiger partial charge on any atom is -0.389 e. The maximum Gasteiger partial charge on any atom is 0.278 e. The predicted octanol–water partition coefficient (Wildman–Crippen LogP) is 3.84. The topological polar surface area (TPSA) is 80.0 Å². The summed E-state index contributed by atoms with van der Waals surface area (Å²) in [6, 6.07) is 12.5. The van der Waals surface area contributed by atoms with E-state index in [4.69, 9.17) is 11.6 Å². The maximum atomic E-state index is 12.6. The molecule has 0 spiro atoms. The van der Waals surface area contributed by atoms with Crippen LogP contribution in [0.1, 0.15) is 40.3 Å². The van der Waals surface area contributed by atoms with Crippen LogP contribution in [0.3, 0.4) is 0 Å². The van der Waals surface area contributed by atoms with Gasteiger partial charge in [0.25, 0.3) is 5.91 Å². The molecule has 6 nitrogen and oxygen atoms in total. The average Bonchev–Trinajstić information content (AvgIpc) is 2.98. The van der Waals surface area contributed by atoms with Gasteiger partial charge in [-0.1, -0.05) is 35.0 Å². The Morgan fingerprint density at radius 3 is 2.73 bits per heavy atom. The van der Waals surface area contributed by atoms with Crippen molar-refractivity contribution in [3.63, 3.8) is 0 Å². The SMILES string of the molecule is Cc1ccc(Cl)cc1-n1nnc(C(=O)Nc2cccc([C@H](C)O)c2)c1C. The Hall–Kier alpha value is -2.70. The summed E-state index contributed by atoms with van der Waals surface area (Å²) in [6.07, 6.45) is -0.611. The lowest BCUT2D eigenvalue weighted by molar-refractivity contribution is 0.102. The number of hydrogen-bond acceptors (Lipinski definition) is 4. The highest BCUT2D eigenvalue weighted by atomic mass is 35.5. The molecule has 1 aromatic heterocycles. The molecule has 1 heterocycles. The van der Waals surface area contributed by atoms with Crippen molar-refractivity contribution in [1.29, 1.82) is 0 Å². The summed E-state index contributed by atoms with van der Waals surface area (Å²) in [7, 11) is 0. The fraction of sp³-hybridized carbons (Fsp3) is 0.211. The molecule has 1 amide bonds. The summed E-state index contributed by atoms with van der Waals surface area (Å²) < 4.78 is 1.60. The van der Waals surface area contributed by atoms with Crippen LogP contribution in [-0.2, 0) is 0 Å². The molecule has 0 aliphatic carbocycles. The van der Waals surface area contributed by atoms with Crippen molar-refractivity contribution in [2.45, 2.75) is 26.9 Å². The second kappa shape index (κ2) is 7.27. The van der Waals surface area contributed by atoms with Crippen molar-refractivity contribution in [3.05, 3.63) is 70.0 Å². The molecule has 0 fully saturated rings. The summed E-state index contributed by atoms with van der Waals surface area (Å²) in [5.74, 6) is -0.365. The number of aryl methyl sites for hydroxylation is 1. The first-order valence-corrected chi connectivity index (χ1v) is 8.53. The van der Waals surface area contributed by atoms with Gasteiger partial charge in [-0.15, -0.1) is 5.10 Å². The highest BCUT2D eigenvalue weighted by molar-refractivity contribution is 6.30. The van der Waals surface area contributed by atoms with Crippen molar-refractivity contribution in [1.82, 2.24) is 15.0 Å². The lowest BCUT2D eigenvalue weighted by Gasteiger charge is -2.09. The van der Waals surface area contributed by atoms with Crippen LogP contribution in [0.5, 0.6) is 0 Å². The normalized spacial score (nSPS) is 12.0. The fourth-order valence-electron chi connectivity index (χ4n) is 2.65. The first-order chi connectivity index (χ1) is 12.4. The van der Waals surface area contributed by atoms with E-state index >= 15 is 0 Å². The van der Waals surface area contributed by atoms with Gasteiger partial charge in [0, 0.05) is 10.7 Å². The molecule has 26 heavy (non-hydrogen) atoms. The van der Waals surface area contributed by atoms with Gasteiger partial charge >= 0.3 is 0 Å². The Balaban J connectivity index is 1.89. The van der Waals surface area contributed by atoms with E-state index in [-0.39, 0.29) is 11.6 Å². The molecule has 0 saturated carbocycles. The molecule has 134 valence electrons. The van der Waals surface area contributed by atoms with Gasteiger partial charge in [-0.2, -0.15) is 0 Å². The summed E-state index contributed by atoms with van der Waals surface area (Å²) in [4.78, 5) is 12.6. The molecule has 0 aliphatic heterocycles. The molecule has 3 aromatic rings. The number of anilines is 1. The summed E-state index contributed by atoms with van der Waals surface area (Å²) >= 11 is 6.07. The summed E-state index contributed by atoms with van der Waals surface area (Å²) in [6.45, 7) is 5.39. The van der Waals surface area contributed by atoms with Crippen LogP contribution < -0.4 is 5.32 Å². The van der Waals surface area contributed by atoms with Crippen LogP contribution in [0.15, 0.2) is 42.5 Å². The minimum atomic E-state index is -0.611. The lowest BCUT2D eigenvalue weighted by atomic mass is 10.1. The summed E-state index contributed by atoms with van der Waals surface area (Å²) in [5.41, 5.74) is 3.89. The molecular weight excluding hydrogens is 352 g/mol. The van der Waals surface area contributed by atoms with Gasteiger partial charge in [0.1, 0.15) is 0 Å². The smallest absolute Gasteiger partial charge is 0.278 e. The van der Waals surface area contributed by atoms with Crippen molar-refractivity contribution < 1.29 is 9.90 Å². The average molecular weight is 371 g/mol. The second-order valence-electron chi connectivity index (χ2n) is 6.12. The van der Waals surface area contributed by atoms with Crippen LogP contribution in [0, 0.1) is 13.8 Å². The fourth-order valence-corrected chi connectivity index (χ4v) is 2.81. The number of amides is 1. The van der Waals surface area contributed by atoms with Gasteiger partial charge in [0.05, 0.1) is 17.5 Å². The van der Waals surface area contributed by atoms with E-state index in [2.05, 4.69) is 15.6 Å². The standard InChI is InChI=1S/C19H19ClN4O2/c1-11-7-8-15(20)10-17(11)24-12(2)18(22-23-24)19(26)21-16-6-4-5-14(9-16)13(3)25/h4-10,13,25H,1-3H3,(H,21,26)/t13-/m0/s1. The third-order valence-electron chi connectivity index (χ3n) is 4.14. The molecule has 0 radical (unpaired) electrons. The van der Waals surface area contributed by atoms with Crippen LogP contribution in [-0.4, -0.2) is 26.0 Å². The molecule has 2 aromatic carbocycles. The number of nitrogens with one attached hydrogen (secondary N) is 1. The van der Waals surface area contributed by atoms with E-state index in [1.165, 1.54) is 0 Å². The Labute approximate surface area is 156 Å². The Kier molecular flexibility index (Phi) is 5.06. The van der Waals surface area contributed by atoms with E-state index in [1.807, 2.05) is 13.0 Å². The highest BCUT2D eigenvalue weighted by Crippen LogP contribution is 2.22. The van der Waals surface area contributed by atoms with E-state index in [0.717, 1.165) is 16.8 Å². The Bertz CT molecular complexity index is 966. The molecule has 0 aliphatic rings. The molecule has 7 heteroatoms. The largest absolute Gasteiger partial charge is 0.389 e. The molecule has 2 N–H and O–H groups in total. The third kappa shape index (κ3) is 3.61. The number of aliphatic hydroxyl groups excluding tert-OH is 1. The van der Waals surface area contributed by atoms with Gasteiger partial charge in [-0.25, -0.2) is 4.68 Å². The van der Waals surface area contributed by atoms with Gasteiger partial charge in [0.15, 0.2) is 5.69 Å². The number of halogens is 1. The number of carbonyl (C=O) groups excluding carboxylic acids is 1. The second-order valence-corrected chi connectivity index (χ2v) is 6.56. The molecular formula is C19H19ClN4O2. The number of hydrogen-bond donors (Lipinski definition) is 2. The number of rotatable bonds is 4. The Morgan fingerprint density at radius 1 is 1.23 bits per heavy atom. The summed E-state index contributed by atoms with van der Waals surface area (Å²) in [5, 5.41) is 21.2. The monoisotopic (exact) mass is 370 g/mol. The number of aliphatic hydroxyl groups is 1. The van der Waals surface area contributed by atoms with Crippen LogP contribution in [0.2, 0.25) is 5.02 Å². The predicted molar refractivity (Wildman–Crippen MR) is 101 cm³/mol. The zero-order valence-corrected chi connectivity index (χ0v) is 15.4. The van der Waals surface area contributed by atoms with Crippen LogP contribution >= 0.6 is 11.6 Å². The van der Waals surface area contributed by atoms with Crippen molar-refractivity contribution >= 4 is 23.2 Å². The third-order valence-corrected chi connectivity index (χ3v) is 4.37. The molecule has 0 bridgehead atoms. The van der Waals surface area contributed by atoms with E-state index in [0.29, 0.717) is 16.4 Å². The van der Waals surface area contributed by atoms with Gasteiger partial charge in [-0.05, 0) is 56.2 Å². The highest BCUT2D eigenvalue weighted by Gasteiger charge is 2.18. The Morgan fingerprint density at radius 2 is 2.00 bits per heavy atom. The number of aromatic nitrogens is 3. The van der Waals surface area contributed by atoms with E-state index < -0.39 is 6.10 Å². The van der Waals surface area contributed by atoms with Crippen molar-refractivity contribution in [2.24, 2.45) is 0 Å². The zero-order valence-electron chi connectivity index (χ0n) is 14.7. The van der Waals surface area contributed by atoms with Crippen LogP contribution in [0.4, 0.5) is 5.69 Å². The maximum absolute atomic E-state index is 12.6. The van der Waals surface area contributed by atoms with Gasteiger partial charge < -0.3 is 10.4 Å². The molecule has 0 unspecified atom stereocenters. The van der Waals surface area contributed by atoms with E-state index in [9.17, 15) is 9.90 Å². The first kappa shape index (κ1) is 18.1.